The van der Waals surface area contributed by atoms with Crippen LogP contribution in [0.1, 0.15) is 12.0 Å². The Kier molecular flexibility index (Phi) is 3.05. The summed E-state index contributed by atoms with van der Waals surface area (Å²) in [5.74, 6) is 0. The molecule has 0 radical (unpaired) electrons. The first-order valence-corrected chi connectivity index (χ1v) is 15.4. The van der Waals surface area contributed by atoms with E-state index in [-0.39, 0.29) is 0 Å². The third kappa shape index (κ3) is 2.54. The van der Waals surface area contributed by atoms with Gasteiger partial charge in [-0.15, -0.1) is 0 Å². The molecule has 3 heteroatoms. The Morgan fingerprint density at radius 3 is 2.27 bits per heavy atom. The Balaban J connectivity index is 2.24. The van der Waals surface area contributed by atoms with Gasteiger partial charge in [0.05, 0.1) is 0 Å². The molecule has 1 aliphatic rings. The molecular weight excluding hydrogens is 293 g/mol. The van der Waals surface area contributed by atoms with Crippen molar-refractivity contribution in [3.63, 3.8) is 0 Å². The van der Waals surface area contributed by atoms with Crippen LogP contribution in [0.25, 0.3) is 0 Å². The average Bonchev–Trinajstić information content (AvgIpc) is 2.69. The van der Waals surface area contributed by atoms with Gasteiger partial charge in [-0.1, -0.05) is 0 Å². The van der Waals surface area contributed by atoms with E-state index >= 15 is 0 Å². The van der Waals surface area contributed by atoms with Crippen molar-refractivity contribution in [2.24, 2.45) is 5.16 Å². The molecule has 2 nitrogen and oxygen atoms in total. The first-order chi connectivity index (χ1) is 7.07. The summed E-state index contributed by atoms with van der Waals surface area (Å²) in [6.45, 7) is 0.732. The fourth-order valence-corrected chi connectivity index (χ4v) is 5.00. The molecule has 1 aromatic carbocycles. The van der Waals surface area contributed by atoms with E-state index in [1.807, 2.05) is 0 Å². The van der Waals surface area contributed by atoms with Gasteiger partial charge in [-0.05, 0) is 0 Å². The van der Waals surface area contributed by atoms with Crippen molar-refractivity contribution in [2.75, 3.05) is 6.61 Å². The van der Waals surface area contributed by atoms with E-state index < -0.39 is 18.4 Å². The van der Waals surface area contributed by atoms with Crippen LogP contribution in [0.5, 0.6) is 0 Å². The van der Waals surface area contributed by atoms with Crippen molar-refractivity contribution in [2.45, 2.75) is 21.2 Å². The Bertz CT molecular complexity index is 376. The number of oxime groups is 1. The van der Waals surface area contributed by atoms with Crippen molar-refractivity contribution >= 4 is 27.7 Å². The predicted octanol–water partition coefficient (Wildman–Crippen LogP) is 2.36. The molecule has 2 rings (SSSR count). The topological polar surface area (TPSA) is 21.6 Å². The summed E-state index contributed by atoms with van der Waals surface area (Å²) in [6, 6.07) is 8.91. The fraction of sp³-hybridized carbons (Fsp3) is 0.417. The number of hydrogen-bond donors (Lipinski definition) is 0. The van der Waals surface area contributed by atoms with Gasteiger partial charge in [0.25, 0.3) is 0 Å². The third-order valence-corrected chi connectivity index (χ3v) is 8.58. The molecule has 1 heterocycles. The average molecular weight is 310 g/mol. The van der Waals surface area contributed by atoms with Gasteiger partial charge in [0.2, 0.25) is 0 Å². The summed E-state index contributed by atoms with van der Waals surface area (Å²) in [5, 5.41) is 4.03. The normalized spacial score (nSPS) is 16.1. The molecule has 0 spiro atoms. The van der Waals surface area contributed by atoms with E-state index in [0.717, 1.165) is 18.7 Å². The van der Waals surface area contributed by atoms with Crippen molar-refractivity contribution in [3.8, 4) is 0 Å². The maximum atomic E-state index is 5.01. The van der Waals surface area contributed by atoms with Crippen LogP contribution in [-0.4, -0.2) is 30.7 Å². The van der Waals surface area contributed by atoms with E-state index in [1.54, 1.807) is 3.58 Å². The molecule has 80 valence electrons. The van der Waals surface area contributed by atoms with Gasteiger partial charge < -0.3 is 0 Å². The van der Waals surface area contributed by atoms with Gasteiger partial charge in [0.1, 0.15) is 0 Å². The molecule has 1 aliphatic heterocycles. The SMILES string of the molecule is [CH3][Sn]([CH3])([CH3])[c]1ccc(C2=NOCC2)cc1. The molecule has 0 fully saturated rings. The second-order valence-corrected chi connectivity index (χ2v) is 19.4. The van der Waals surface area contributed by atoms with Gasteiger partial charge in [0, 0.05) is 0 Å². The van der Waals surface area contributed by atoms with Crippen LogP contribution in [0, 0.1) is 0 Å². The van der Waals surface area contributed by atoms with Gasteiger partial charge in [-0.2, -0.15) is 0 Å². The summed E-state index contributed by atoms with van der Waals surface area (Å²) in [4.78, 5) is 12.3. The van der Waals surface area contributed by atoms with Crippen LogP contribution in [0.15, 0.2) is 29.4 Å². The van der Waals surface area contributed by atoms with E-state index in [4.69, 9.17) is 4.84 Å². The molecule has 0 saturated heterocycles. The Morgan fingerprint density at radius 1 is 1.13 bits per heavy atom. The standard InChI is InChI=1S/C9H8NO.3CH3.Sn/c1-2-4-8(5-3-1)9-6-7-11-10-9;;;;/h2-5H,6-7H2;3*1H3;. The Morgan fingerprint density at radius 2 is 1.80 bits per heavy atom. The zero-order valence-electron chi connectivity index (χ0n) is 9.58. The summed E-state index contributed by atoms with van der Waals surface area (Å²) < 4.78 is 1.56. The predicted molar refractivity (Wildman–Crippen MR) is 66.5 cm³/mol. The molecule has 0 unspecified atom stereocenters. The van der Waals surface area contributed by atoms with E-state index in [0.29, 0.717) is 0 Å². The minimum atomic E-state index is -1.87. The van der Waals surface area contributed by atoms with Gasteiger partial charge >= 0.3 is 95.3 Å². The van der Waals surface area contributed by atoms with Crippen molar-refractivity contribution in [3.05, 3.63) is 29.8 Å². The van der Waals surface area contributed by atoms with Crippen LogP contribution in [0.4, 0.5) is 0 Å². The quantitative estimate of drug-likeness (QED) is 0.769. The van der Waals surface area contributed by atoms with Crippen LogP contribution < -0.4 is 3.58 Å². The fourth-order valence-electron chi connectivity index (χ4n) is 1.67. The van der Waals surface area contributed by atoms with Crippen LogP contribution in [0.3, 0.4) is 0 Å². The van der Waals surface area contributed by atoms with E-state index in [2.05, 4.69) is 44.2 Å². The Hall–Kier alpha value is -0.511. The molecule has 1 aromatic rings. The molecule has 0 saturated carbocycles. The van der Waals surface area contributed by atoms with Crippen LogP contribution >= 0.6 is 0 Å². The number of rotatable bonds is 2. The summed E-state index contributed by atoms with van der Waals surface area (Å²) in [6.07, 6.45) is 0.943. The third-order valence-electron chi connectivity index (χ3n) is 2.69. The molecular formula is C12H17NOSn. The van der Waals surface area contributed by atoms with Crippen molar-refractivity contribution in [1.82, 2.24) is 0 Å². The zero-order valence-corrected chi connectivity index (χ0v) is 12.4. The van der Waals surface area contributed by atoms with Crippen LogP contribution in [-0.2, 0) is 4.84 Å². The van der Waals surface area contributed by atoms with Crippen LogP contribution in [0.2, 0.25) is 14.8 Å². The monoisotopic (exact) mass is 311 g/mol. The molecule has 0 atom stereocenters. The van der Waals surface area contributed by atoms with Gasteiger partial charge in [0.15, 0.2) is 0 Å². The molecule has 15 heavy (non-hydrogen) atoms. The number of hydrogen-bond acceptors (Lipinski definition) is 2. The van der Waals surface area contributed by atoms with E-state index in [9.17, 15) is 0 Å². The molecule has 0 N–H and O–H groups in total. The minimum absolute atomic E-state index is 0.732. The Labute approximate surface area is 95.2 Å². The summed E-state index contributed by atoms with van der Waals surface area (Å²) >= 11 is -1.87. The first-order valence-electron chi connectivity index (χ1n) is 5.37. The second-order valence-electron chi connectivity index (χ2n) is 4.95. The van der Waals surface area contributed by atoms with Crippen molar-refractivity contribution in [1.29, 1.82) is 0 Å². The number of nitrogens with zero attached hydrogens (tertiary/aromatic N) is 1. The van der Waals surface area contributed by atoms with E-state index in [1.165, 1.54) is 5.56 Å². The maximum absolute atomic E-state index is 5.01. The molecule has 0 bridgehead atoms. The van der Waals surface area contributed by atoms with Gasteiger partial charge in [-0.3, -0.25) is 0 Å². The van der Waals surface area contributed by atoms with Crippen molar-refractivity contribution < 1.29 is 4.84 Å². The molecule has 0 aromatic heterocycles. The summed E-state index contributed by atoms with van der Waals surface area (Å²) in [5.41, 5.74) is 2.30. The second kappa shape index (κ2) is 4.16. The summed E-state index contributed by atoms with van der Waals surface area (Å²) in [7, 11) is 0. The first kappa shape index (κ1) is 11.0. The zero-order chi connectivity index (χ0) is 10.9. The molecule has 0 amide bonds. The number of benzene rings is 1. The van der Waals surface area contributed by atoms with Gasteiger partial charge in [-0.25, -0.2) is 0 Å². The molecule has 0 aliphatic carbocycles.